The Morgan fingerprint density at radius 3 is 3.12 bits per heavy atom. The lowest BCUT2D eigenvalue weighted by Crippen LogP contribution is -2.26. The molecule has 0 saturated heterocycles. The first-order valence-electron chi connectivity index (χ1n) is 5.62. The molecule has 0 bridgehead atoms. The fraction of sp³-hybridized carbons (Fsp3) is 0.636. The summed E-state index contributed by atoms with van der Waals surface area (Å²) in [5.41, 5.74) is 0.844. The SMILES string of the molecule is COCCc1nc(Cl)c2n1C(C(=O)O)CCC2. The molecule has 5 nitrogen and oxygen atoms in total. The van der Waals surface area contributed by atoms with Gasteiger partial charge in [-0.15, -0.1) is 0 Å². The van der Waals surface area contributed by atoms with Crippen LogP contribution in [-0.2, 0) is 22.4 Å². The maximum Gasteiger partial charge on any atom is 0.326 e. The third-order valence-electron chi connectivity index (χ3n) is 3.05. The van der Waals surface area contributed by atoms with E-state index in [0.29, 0.717) is 30.4 Å². The fourth-order valence-corrected chi connectivity index (χ4v) is 2.56. The van der Waals surface area contributed by atoms with Crippen molar-refractivity contribution in [3.8, 4) is 0 Å². The number of hydrogen-bond acceptors (Lipinski definition) is 3. The van der Waals surface area contributed by atoms with E-state index in [9.17, 15) is 9.90 Å². The second kappa shape index (κ2) is 5.06. The lowest BCUT2D eigenvalue weighted by atomic mass is 10.0. The summed E-state index contributed by atoms with van der Waals surface area (Å²) in [4.78, 5) is 15.5. The molecule has 1 aliphatic heterocycles. The highest BCUT2D eigenvalue weighted by Crippen LogP contribution is 2.31. The van der Waals surface area contributed by atoms with Crippen LogP contribution >= 0.6 is 11.6 Å². The van der Waals surface area contributed by atoms with E-state index in [4.69, 9.17) is 16.3 Å². The van der Waals surface area contributed by atoms with Crippen LogP contribution in [-0.4, -0.2) is 34.3 Å². The number of hydrogen-bond donors (Lipinski definition) is 1. The van der Waals surface area contributed by atoms with Crippen LogP contribution in [0.3, 0.4) is 0 Å². The highest BCUT2D eigenvalue weighted by molar-refractivity contribution is 6.30. The molecule has 94 valence electrons. The monoisotopic (exact) mass is 258 g/mol. The van der Waals surface area contributed by atoms with E-state index in [2.05, 4.69) is 4.98 Å². The van der Waals surface area contributed by atoms with E-state index in [1.165, 1.54) is 0 Å². The molecule has 17 heavy (non-hydrogen) atoms. The Bertz CT molecular complexity index is 431. The summed E-state index contributed by atoms with van der Waals surface area (Å²) in [6, 6.07) is -0.536. The van der Waals surface area contributed by atoms with Gasteiger partial charge in [0.15, 0.2) is 5.15 Å². The quantitative estimate of drug-likeness (QED) is 0.893. The van der Waals surface area contributed by atoms with E-state index in [1.54, 1.807) is 11.7 Å². The Kier molecular flexibility index (Phi) is 3.69. The number of aromatic nitrogens is 2. The highest BCUT2D eigenvalue weighted by Gasteiger charge is 2.30. The molecule has 0 aliphatic carbocycles. The maximum absolute atomic E-state index is 11.2. The molecule has 0 fully saturated rings. The van der Waals surface area contributed by atoms with E-state index in [-0.39, 0.29) is 0 Å². The number of halogens is 1. The molecular weight excluding hydrogens is 244 g/mol. The fourth-order valence-electron chi connectivity index (χ4n) is 2.27. The van der Waals surface area contributed by atoms with Gasteiger partial charge in [0.25, 0.3) is 0 Å². The van der Waals surface area contributed by atoms with E-state index >= 15 is 0 Å². The van der Waals surface area contributed by atoms with Crippen molar-refractivity contribution in [3.63, 3.8) is 0 Å². The number of rotatable bonds is 4. The molecule has 1 aromatic heterocycles. The Morgan fingerprint density at radius 1 is 1.71 bits per heavy atom. The molecule has 1 aromatic rings. The van der Waals surface area contributed by atoms with Crippen molar-refractivity contribution in [2.24, 2.45) is 0 Å². The van der Waals surface area contributed by atoms with Crippen LogP contribution < -0.4 is 0 Å². The van der Waals surface area contributed by atoms with Gasteiger partial charge >= 0.3 is 5.97 Å². The topological polar surface area (TPSA) is 64.4 Å². The molecule has 2 rings (SSSR count). The Balaban J connectivity index is 2.38. The van der Waals surface area contributed by atoms with Crippen molar-refractivity contribution in [1.82, 2.24) is 9.55 Å². The molecule has 0 aromatic carbocycles. The maximum atomic E-state index is 11.2. The zero-order valence-electron chi connectivity index (χ0n) is 9.65. The summed E-state index contributed by atoms with van der Waals surface area (Å²) in [6.07, 6.45) is 2.85. The molecular formula is C11H15ClN2O3. The second-order valence-corrected chi connectivity index (χ2v) is 4.48. The zero-order chi connectivity index (χ0) is 12.4. The van der Waals surface area contributed by atoms with Crippen LogP contribution in [0, 0.1) is 0 Å². The minimum atomic E-state index is -0.821. The van der Waals surface area contributed by atoms with Crippen LogP contribution in [0.2, 0.25) is 5.15 Å². The molecule has 1 atom stereocenters. The van der Waals surface area contributed by atoms with Crippen molar-refractivity contribution in [2.45, 2.75) is 31.7 Å². The number of nitrogens with zero attached hydrogens (tertiary/aromatic N) is 2. The number of aliphatic carboxylic acids is 1. The van der Waals surface area contributed by atoms with Crippen molar-refractivity contribution in [3.05, 3.63) is 16.7 Å². The Morgan fingerprint density at radius 2 is 2.47 bits per heavy atom. The van der Waals surface area contributed by atoms with Gasteiger partial charge in [-0.3, -0.25) is 0 Å². The second-order valence-electron chi connectivity index (χ2n) is 4.12. The Hall–Kier alpha value is -1.07. The summed E-state index contributed by atoms with van der Waals surface area (Å²) >= 11 is 6.05. The van der Waals surface area contributed by atoms with Crippen molar-refractivity contribution in [1.29, 1.82) is 0 Å². The number of methoxy groups -OCH3 is 1. The highest BCUT2D eigenvalue weighted by atomic mass is 35.5. The average Bonchev–Trinajstić information content (AvgIpc) is 2.64. The predicted octanol–water partition coefficient (Wildman–Crippen LogP) is 1.69. The molecule has 2 heterocycles. The van der Waals surface area contributed by atoms with Crippen LogP contribution in [0.4, 0.5) is 0 Å². The van der Waals surface area contributed by atoms with Gasteiger partial charge in [0.2, 0.25) is 0 Å². The molecule has 1 N–H and O–H groups in total. The van der Waals surface area contributed by atoms with Crippen molar-refractivity contribution in [2.75, 3.05) is 13.7 Å². The minimum absolute atomic E-state index is 0.432. The number of carboxylic acid groups (broad SMARTS) is 1. The summed E-state index contributed by atoms with van der Waals surface area (Å²) in [5, 5.41) is 9.65. The third kappa shape index (κ3) is 2.30. The first-order chi connectivity index (χ1) is 8.15. The summed E-state index contributed by atoms with van der Waals surface area (Å²) in [5.74, 6) is -0.113. The first kappa shape index (κ1) is 12.4. The standard InChI is InChI=1S/C11H15ClN2O3/c1-17-6-5-9-13-10(12)7-3-2-4-8(11(15)16)14(7)9/h8H,2-6H2,1H3,(H,15,16). The lowest BCUT2D eigenvalue weighted by Gasteiger charge is -2.24. The molecule has 1 unspecified atom stereocenters. The molecule has 1 aliphatic rings. The van der Waals surface area contributed by atoms with Crippen LogP contribution in [0.25, 0.3) is 0 Å². The van der Waals surface area contributed by atoms with Gasteiger partial charge in [-0.05, 0) is 19.3 Å². The third-order valence-corrected chi connectivity index (χ3v) is 3.35. The van der Waals surface area contributed by atoms with Crippen molar-refractivity contribution < 1.29 is 14.6 Å². The molecule has 0 amide bonds. The van der Waals surface area contributed by atoms with Gasteiger partial charge in [-0.2, -0.15) is 0 Å². The van der Waals surface area contributed by atoms with Gasteiger partial charge < -0.3 is 14.4 Å². The predicted molar refractivity (Wildman–Crippen MR) is 62.4 cm³/mol. The van der Waals surface area contributed by atoms with Gasteiger partial charge in [0.1, 0.15) is 11.9 Å². The number of imidazole rings is 1. The molecule has 0 saturated carbocycles. The van der Waals surface area contributed by atoms with Crippen LogP contribution in [0.15, 0.2) is 0 Å². The largest absolute Gasteiger partial charge is 0.480 e. The van der Waals surface area contributed by atoms with Gasteiger partial charge in [0.05, 0.1) is 12.3 Å². The normalized spacial score (nSPS) is 19.1. The summed E-state index contributed by atoms with van der Waals surface area (Å²) in [6.45, 7) is 0.513. The van der Waals surface area contributed by atoms with Crippen LogP contribution in [0.1, 0.15) is 30.4 Å². The summed E-state index contributed by atoms with van der Waals surface area (Å²) in [7, 11) is 1.61. The van der Waals surface area contributed by atoms with Gasteiger partial charge in [0, 0.05) is 13.5 Å². The van der Waals surface area contributed by atoms with E-state index < -0.39 is 12.0 Å². The number of carboxylic acids is 1. The van der Waals surface area contributed by atoms with E-state index in [1.807, 2.05) is 0 Å². The smallest absolute Gasteiger partial charge is 0.326 e. The molecule has 6 heteroatoms. The number of carbonyl (C=O) groups is 1. The van der Waals surface area contributed by atoms with Crippen LogP contribution in [0.5, 0.6) is 0 Å². The average molecular weight is 259 g/mol. The van der Waals surface area contributed by atoms with Gasteiger partial charge in [-0.1, -0.05) is 11.6 Å². The Labute approximate surface area is 104 Å². The molecule has 0 radical (unpaired) electrons. The van der Waals surface area contributed by atoms with Crippen molar-refractivity contribution >= 4 is 17.6 Å². The van der Waals surface area contributed by atoms with Gasteiger partial charge in [-0.25, -0.2) is 9.78 Å². The number of ether oxygens (including phenoxy) is 1. The van der Waals surface area contributed by atoms with E-state index in [0.717, 1.165) is 18.5 Å². The minimum Gasteiger partial charge on any atom is -0.480 e. The molecule has 0 spiro atoms. The summed E-state index contributed by atoms with van der Waals surface area (Å²) < 4.78 is 6.77. The zero-order valence-corrected chi connectivity index (χ0v) is 10.4. The first-order valence-corrected chi connectivity index (χ1v) is 6.00. The number of fused-ring (bicyclic) bond motifs is 1. The lowest BCUT2D eigenvalue weighted by molar-refractivity contribution is -0.141.